The summed E-state index contributed by atoms with van der Waals surface area (Å²) in [6.07, 6.45) is 3.49. The first kappa shape index (κ1) is 17.7. The van der Waals surface area contributed by atoms with E-state index in [0.29, 0.717) is 23.2 Å². The van der Waals surface area contributed by atoms with Gasteiger partial charge in [0.1, 0.15) is 18.2 Å². The van der Waals surface area contributed by atoms with E-state index < -0.39 is 0 Å². The van der Waals surface area contributed by atoms with Crippen LogP contribution in [0.2, 0.25) is 0 Å². The van der Waals surface area contributed by atoms with E-state index >= 15 is 0 Å². The molecule has 28 heavy (non-hydrogen) atoms. The standard InChI is InChI=1S/C19H18N6O3/c1-11(18-22-12(2)23-24-18)21-19(26)16-8-14(28-25-16)10-27-17-5-3-4-13-9-20-7-6-15(13)17/h3-9,11H,10H2,1-2H3,(H,21,26)(H,22,23,24)/t11-/m1/s1. The molecule has 4 rings (SSSR count). The number of H-pyrrole nitrogens is 1. The van der Waals surface area contributed by atoms with Crippen LogP contribution in [0.15, 0.2) is 47.2 Å². The number of hydrogen-bond donors (Lipinski definition) is 2. The van der Waals surface area contributed by atoms with Crippen molar-refractivity contribution in [2.75, 3.05) is 0 Å². The normalized spacial score (nSPS) is 12.1. The van der Waals surface area contributed by atoms with Crippen molar-refractivity contribution in [2.45, 2.75) is 26.5 Å². The molecule has 0 aliphatic rings. The minimum atomic E-state index is -0.374. The van der Waals surface area contributed by atoms with Crippen molar-refractivity contribution in [3.8, 4) is 5.75 Å². The summed E-state index contributed by atoms with van der Waals surface area (Å²) in [7, 11) is 0. The van der Waals surface area contributed by atoms with Crippen LogP contribution in [-0.2, 0) is 6.61 Å². The zero-order valence-corrected chi connectivity index (χ0v) is 15.3. The molecule has 0 fully saturated rings. The van der Waals surface area contributed by atoms with Crippen LogP contribution in [-0.4, -0.2) is 31.2 Å². The summed E-state index contributed by atoms with van der Waals surface area (Å²) in [5.41, 5.74) is 0.167. The Balaban J connectivity index is 1.40. The van der Waals surface area contributed by atoms with Gasteiger partial charge in [0.05, 0.1) is 6.04 Å². The summed E-state index contributed by atoms with van der Waals surface area (Å²) in [4.78, 5) is 20.7. The second kappa shape index (κ2) is 7.47. The van der Waals surface area contributed by atoms with Gasteiger partial charge < -0.3 is 14.6 Å². The quantitative estimate of drug-likeness (QED) is 0.529. The monoisotopic (exact) mass is 378 g/mol. The predicted octanol–water partition coefficient (Wildman–Crippen LogP) is 2.72. The number of fused-ring (bicyclic) bond motifs is 1. The van der Waals surface area contributed by atoms with Crippen LogP contribution in [0.3, 0.4) is 0 Å². The molecule has 9 heteroatoms. The van der Waals surface area contributed by atoms with Gasteiger partial charge >= 0.3 is 0 Å². The van der Waals surface area contributed by atoms with Gasteiger partial charge in [0.25, 0.3) is 5.91 Å². The molecule has 2 N–H and O–H groups in total. The summed E-state index contributed by atoms with van der Waals surface area (Å²) in [6.45, 7) is 3.73. The number of hydrogen-bond acceptors (Lipinski definition) is 7. The van der Waals surface area contributed by atoms with Crippen LogP contribution in [0.5, 0.6) is 5.75 Å². The van der Waals surface area contributed by atoms with Gasteiger partial charge in [-0.3, -0.25) is 14.9 Å². The Kier molecular flexibility index (Phi) is 4.71. The number of nitrogens with one attached hydrogen (secondary N) is 2. The molecule has 142 valence electrons. The van der Waals surface area contributed by atoms with E-state index in [4.69, 9.17) is 9.26 Å². The average molecular weight is 378 g/mol. The summed E-state index contributed by atoms with van der Waals surface area (Å²) in [5.74, 6) is 1.96. The maximum Gasteiger partial charge on any atom is 0.274 e. The van der Waals surface area contributed by atoms with Crippen molar-refractivity contribution in [3.05, 3.63) is 65.8 Å². The van der Waals surface area contributed by atoms with Crippen molar-refractivity contribution in [1.29, 1.82) is 0 Å². The van der Waals surface area contributed by atoms with Gasteiger partial charge in [0, 0.05) is 29.2 Å². The zero-order valence-electron chi connectivity index (χ0n) is 15.3. The second-order valence-electron chi connectivity index (χ2n) is 6.29. The van der Waals surface area contributed by atoms with Gasteiger partial charge in [0.2, 0.25) is 0 Å². The number of aryl methyl sites for hydroxylation is 1. The van der Waals surface area contributed by atoms with Gasteiger partial charge in [-0.05, 0) is 26.0 Å². The van der Waals surface area contributed by atoms with Crippen molar-refractivity contribution in [2.24, 2.45) is 0 Å². The van der Waals surface area contributed by atoms with Crippen molar-refractivity contribution in [1.82, 2.24) is 30.6 Å². The molecule has 0 spiro atoms. The van der Waals surface area contributed by atoms with Gasteiger partial charge in [0.15, 0.2) is 17.3 Å². The van der Waals surface area contributed by atoms with Crippen molar-refractivity contribution in [3.63, 3.8) is 0 Å². The van der Waals surface area contributed by atoms with Crippen LogP contribution < -0.4 is 10.1 Å². The first-order valence-electron chi connectivity index (χ1n) is 8.71. The molecule has 0 radical (unpaired) electrons. The number of nitrogens with zero attached hydrogens (tertiary/aromatic N) is 4. The molecule has 0 saturated carbocycles. The number of benzene rings is 1. The molecular formula is C19H18N6O3. The van der Waals surface area contributed by atoms with E-state index in [9.17, 15) is 4.79 Å². The Bertz CT molecular complexity index is 1110. The highest BCUT2D eigenvalue weighted by atomic mass is 16.5. The molecule has 0 unspecified atom stereocenters. The number of aromatic amines is 1. The van der Waals surface area contributed by atoms with Crippen LogP contribution in [0.1, 0.15) is 40.9 Å². The van der Waals surface area contributed by atoms with Gasteiger partial charge in [-0.2, -0.15) is 5.10 Å². The number of rotatable bonds is 6. The van der Waals surface area contributed by atoms with E-state index in [1.54, 1.807) is 32.3 Å². The van der Waals surface area contributed by atoms with E-state index in [0.717, 1.165) is 10.8 Å². The number of carbonyl (C=O) groups is 1. The summed E-state index contributed by atoms with van der Waals surface area (Å²) in [5, 5.41) is 15.3. The lowest BCUT2D eigenvalue weighted by molar-refractivity contribution is 0.0929. The van der Waals surface area contributed by atoms with Crippen molar-refractivity contribution >= 4 is 16.7 Å². The first-order valence-corrected chi connectivity index (χ1v) is 8.71. The molecule has 0 bridgehead atoms. The molecule has 1 atom stereocenters. The van der Waals surface area contributed by atoms with E-state index in [-0.39, 0.29) is 24.2 Å². The molecule has 1 aromatic carbocycles. The summed E-state index contributed by atoms with van der Waals surface area (Å²) >= 11 is 0. The third-order valence-corrected chi connectivity index (χ3v) is 4.15. The van der Waals surface area contributed by atoms with Crippen molar-refractivity contribution < 1.29 is 14.1 Å². The zero-order chi connectivity index (χ0) is 19.5. The fraction of sp³-hybridized carbons (Fsp3) is 0.211. The Morgan fingerprint density at radius 1 is 1.36 bits per heavy atom. The van der Waals surface area contributed by atoms with Gasteiger partial charge in [-0.1, -0.05) is 17.3 Å². The molecular weight excluding hydrogens is 360 g/mol. The largest absolute Gasteiger partial charge is 0.485 e. The minimum Gasteiger partial charge on any atom is -0.485 e. The van der Waals surface area contributed by atoms with Gasteiger partial charge in [-0.15, -0.1) is 0 Å². The predicted molar refractivity (Wildman–Crippen MR) is 99.6 cm³/mol. The molecule has 0 aliphatic carbocycles. The molecule has 3 heterocycles. The van der Waals surface area contributed by atoms with Crippen LogP contribution >= 0.6 is 0 Å². The third kappa shape index (κ3) is 3.68. The Morgan fingerprint density at radius 2 is 2.25 bits per heavy atom. The maximum absolute atomic E-state index is 12.4. The second-order valence-corrected chi connectivity index (χ2v) is 6.29. The number of carbonyl (C=O) groups excluding carboxylic acids is 1. The molecule has 9 nitrogen and oxygen atoms in total. The smallest absolute Gasteiger partial charge is 0.274 e. The van der Waals surface area contributed by atoms with E-state index in [1.807, 2.05) is 24.3 Å². The number of aromatic nitrogens is 5. The first-order chi connectivity index (χ1) is 13.6. The fourth-order valence-corrected chi connectivity index (χ4v) is 2.74. The molecule has 0 saturated heterocycles. The Morgan fingerprint density at radius 3 is 3.07 bits per heavy atom. The summed E-state index contributed by atoms with van der Waals surface area (Å²) < 4.78 is 11.1. The number of amides is 1. The lowest BCUT2D eigenvalue weighted by Crippen LogP contribution is -2.27. The fourth-order valence-electron chi connectivity index (χ4n) is 2.74. The topological polar surface area (TPSA) is 119 Å². The maximum atomic E-state index is 12.4. The summed E-state index contributed by atoms with van der Waals surface area (Å²) in [6, 6.07) is 8.80. The highest BCUT2D eigenvalue weighted by molar-refractivity contribution is 5.92. The lowest BCUT2D eigenvalue weighted by atomic mass is 10.1. The Hall–Kier alpha value is -3.75. The molecule has 0 aliphatic heterocycles. The van der Waals surface area contributed by atoms with E-state index in [1.165, 1.54) is 0 Å². The SMILES string of the molecule is Cc1nc([C@@H](C)NC(=O)c2cc(COc3cccc4cnccc34)on2)n[nH]1. The van der Waals surface area contributed by atoms with Crippen LogP contribution in [0, 0.1) is 6.92 Å². The third-order valence-electron chi connectivity index (χ3n) is 4.15. The van der Waals surface area contributed by atoms with Crippen LogP contribution in [0.4, 0.5) is 0 Å². The molecule has 1 amide bonds. The number of ether oxygens (including phenoxy) is 1. The highest BCUT2D eigenvalue weighted by Crippen LogP contribution is 2.25. The Labute approximate surface area is 160 Å². The highest BCUT2D eigenvalue weighted by Gasteiger charge is 2.18. The molecule has 4 aromatic rings. The van der Waals surface area contributed by atoms with E-state index in [2.05, 4.69) is 30.6 Å². The number of pyridine rings is 1. The molecule has 3 aromatic heterocycles. The van der Waals surface area contributed by atoms with Gasteiger partial charge in [-0.25, -0.2) is 4.98 Å². The lowest BCUT2D eigenvalue weighted by Gasteiger charge is -2.08. The van der Waals surface area contributed by atoms with Crippen LogP contribution in [0.25, 0.3) is 10.8 Å². The average Bonchev–Trinajstić information content (AvgIpc) is 3.35. The minimum absolute atomic E-state index is 0.150.